The lowest BCUT2D eigenvalue weighted by molar-refractivity contribution is -0.155. The number of methoxy groups -OCH3 is 1. The highest BCUT2D eigenvalue weighted by molar-refractivity contribution is 6.31. The highest BCUT2D eigenvalue weighted by Gasteiger charge is 2.44. The van der Waals surface area contributed by atoms with Gasteiger partial charge in [0.25, 0.3) is 5.91 Å². The van der Waals surface area contributed by atoms with Gasteiger partial charge in [-0.2, -0.15) is 0 Å². The third kappa shape index (κ3) is 2.74. The Labute approximate surface area is 117 Å². The molecule has 1 fully saturated rings. The summed E-state index contributed by atoms with van der Waals surface area (Å²) in [6.07, 6.45) is 2.46. The van der Waals surface area contributed by atoms with Crippen molar-refractivity contribution in [3.8, 4) is 0 Å². The quantitative estimate of drug-likeness (QED) is 0.922. The second kappa shape index (κ2) is 5.47. The summed E-state index contributed by atoms with van der Waals surface area (Å²) in [7, 11) is 1.55. The molecule has 19 heavy (non-hydrogen) atoms. The van der Waals surface area contributed by atoms with E-state index in [4.69, 9.17) is 16.3 Å². The van der Waals surface area contributed by atoms with Crippen LogP contribution >= 0.6 is 11.6 Å². The van der Waals surface area contributed by atoms with Crippen LogP contribution in [0.5, 0.6) is 0 Å². The molecule has 0 aliphatic heterocycles. The number of rotatable bonds is 4. The number of ether oxygens (including phenoxy) is 1. The van der Waals surface area contributed by atoms with Crippen LogP contribution in [0, 0.1) is 5.82 Å². The summed E-state index contributed by atoms with van der Waals surface area (Å²) >= 11 is 5.98. The van der Waals surface area contributed by atoms with Crippen molar-refractivity contribution >= 4 is 17.5 Å². The minimum absolute atomic E-state index is 0.130. The van der Waals surface area contributed by atoms with Gasteiger partial charge in [0.2, 0.25) is 0 Å². The molecule has 5 heteroatoms. The molecule has 0 unspecified atom stereocenters. The highest BCUT2D eigenvalue weighted by Crippen LogP contribution is 2.36. The van der Waals surface area contributed by atoms with Gasteiger partial charge in [-0.25, -0.2) is 4.39 Å². The predicted octanol–water partition coefficient (Wildman–Crippen LogP) is 3.23. The fourth-order valence-electron chi connectivity index (χ4n) is 2.28. The van der Waals surface area contributed by atoms with Crippen molar-refractivity contribution in [3.63, 3.8) is 0 Å². The number of carbonyl (C=O) groups is 1. The van der Waals surface area contributed by atoms with Gasteiger partial charge in [-0.3, -0.25) is 4.79 Å². The average Bonchev–Trinajstić information content (AvgIpc) is 2.27. The van der Waals surface area contributed by atoms with E-state index in [1.807, 2.05) is 6.92 Å². The maximum atomic E-state index is 13.0. The maximum absolute atomic E-state index is 13.0. The Kier molecular flexibility index (Phi) is 4.11. The summed E-state index contributed by atoms with van der Waals surface area (Å²) in [5, 5.41) is 3.19. The van der Waals surface area contributed by atoms with E-state index in [-0.39, 0.29) is 17.8 Å². The molecule has 0 spiro atoms. The normalized spacial score (nSPS) is 18.5. The number of halogens is 2. The van der Waals surface area contributed by atoms with Crippen LogP contribution in [0.15, 0.2) is 18.2 Å². The van der Waals surface area contributed by atoms with E-state index in [0.29, 0.717) is 10.6 Å². The Bertz CT molecular complexity index is 483. The van der Waals surface area contributed by atoms with Crippen molar-refractivity contribution in [1.29, 1.82) is 0 Å². The number of benzene rings is 1. The molecule has 1 N–H and O–H groups in total. The van der Waals surface area contributed by atoms with Gasteiger partial charge in [-0.1, -0.05) is 17.7 Å². The molecule has 1 aliphatic rings. The number of hydrogen-bond acceptors (Lipinski definition) is 2. The molecule has 2 rings (SSSR count). The predicted molar refractivity (Wildman–Crippen MR) is 71.6 cm³/mol. The summed E-state index contributed by atoms with van der Waals surface area (Å²) < 4.78 is 18.3. The van der Waals surface area contributed by atoms with Gasteiger partial charge in [-0.05, 0) is 43.9 Å². The van der Waals surface area contributed by atoms with Crippen molar-refractivity contribution in [2.24, 2.45) is 0 Å². The van der Waals surface area contributed by atoms with Crippen LogP contribution in [0.2, 0.25) is 5.02 Å². The lowest BCUT2D eigenvalue weighted by atomic mass is 9.79. The van der Waals surface area contributed by atoms with E-state index in [2.05, 4.69) is 5.32 Å². The smallest absolute Gasteiger partial charge is 0.252 e. The van der Waals surface area contributed by atoms with Gasteiger partial charge in [0, 0.05) is 12.1 Å². The lowest BCUT2D eigenvalue weighted by Crippen LogP contribution is -2.53. The first-order valence-corrected chi connectivity index (χ1v) is 6.67. The minimum atomic E-state index is -0.694. The lowest BCUT2D eigenvalue weighted by Gasteiger charge is -2.39. The third-order valence-corrected chi connectivity index (χ3v) is 4.07. The molecule has 3 nitrogen and oxygen atoms in total. The standard InChI is InChI=1S/C14H17ClFNO2/c1-9(11-5-4-10(16)8-12(11)15)17-13(18)14(19-2)6-3-7-14/h4-5,8-9H,3,6-7H2,1-2H3,(H,17,18)/t9-/m1/s1. The van der Waals surface area contributed by atoms with Crippen molar-refractivity contribution in [2.45, 2.75) is 37.8 Å². The molecule has 1 atom stereocenters. The number of hydrogen-bond donors (Lipinski definition) is 1. The molecule has 1 aliphatic carbocycles. The molecular formula is C14H17ClFNO2. The minimum Gasteiger partial charge on any atom is -0.368 e. The van der Waals surface area contributed by atoms with Crippen LogP contribution < -0.4 is 5.32 Å². The van der Waals surface area contributed by atoms with E-state index in [9.17, 15) is 9.18 Å². The first-order chi connectivity index (χ1) is 8.98. The Morgan fingerprint density at radius 3 is 2.68 bits per heavy atom. The monoisotopic (exact) mass is 285 g/mol. The highest BCUT2D eigenvalue weighted by atomic mass is 35.5. The van der Waals surface area contributed by atoms with Crippen LogP contribution in [-0.2, 0) is 9.53 Å². The Morgan fingerprint density at radius 2 is 2.21 bits per heavy atom. The second-order valence-electron chi connectivity index (χ2n) is 4.91. The first kappa shape index (κ1) is 14.3. The molecular weight excluding hydrogens is 269 g/mol. The van der Waals surface area contributed by atoms with Crippen LogP contribution in [0.4, 0.5) is 4.39 Å². The van der Waals surface area contributed by atoms with E-state index < -0.39 is 5.60 Å². The van der Waals surface area contributed by atoms with Crippen LogP contribution in [0.25, 0.3) is 0 Å². The number of nitrogens with one attached hydrogen (secondary N) is 1. The Balaban J connectivity index is 2.08. The van der Waals surface area contributed by atoms with Gasteiger partial charge in [-0.15, -0.1) is 0 Å². The zero-order chi connectivity index (χ0) is 14.0. The summed E-state index contributed by atoms with van der Waals surface area (Å²) in [6, 6.07) is 3.88. The molecule has 0 aromatic heterocycles. The molecule has 1 saturated carbocycles. The second-order valence-corrected chi connectivity index (χ2v) is 5.32. The molecule has 0 saturated heterocycles. The molecule has 0 radical (unpaired) electrons. The van der Waals surface area contributed by atoms with Crippen LogP contribution in [0.1, 0.15) is 37.8 Å². The Morgan fingerprint density at radius 1 is 1.53 bits per heavy atom. The maximum Gasteiger partial charge on any atom is 0.252 e. The van der Waals surface area contributed by atoms with Crippen LogP contribution in [0.3, 0.4) is 0 Å². The first-order valence-electron chi connectivity index (χ1n) is 6.29. The summed E-state index contributed by atoms with van der Waals surface area (Å²) in [5.41, 5.74) is 0.00261. The van der Waals surface area contributed by atoms with E-state index in [0.717, 1.165) is 19.3 Å². The van der Waals surface area contributed by atoms with Gasteiger partial charge in [0.05, 0.1) is 6.04 Å². The summed E-state index contributed by atoms with van der Waals surface area (Å²) in [4.78, 5) is 12.2. The van der Waals surface area contributed by atoms with E-state index in [1.165, 1.54) is 12.1 Å². The Hall–Kier alpha value is -1.13. The van der Waals surface area contributed by atoms with Gasteiger partial charge >= 0.3 is 0 Å². The molecule has 0 bridgehead atoms. The fourth-order valence-corrected chi connectivity index (χ4v) is 2.61. The molecule has 1 amide bonds. The molecule has 104 valence electrons. The van der Waals surface area contributed by atoms with Crippen molar-refractivity contribution in [3.05, 3.63) is 34.6 Å². The summed E-state index contributed by atoms with van der Waals surface area (Å²) in [6.45, 7) is 1.82. The summed E-state index contributed by atoms with van der Waals surface area (Å²) in [5.74, 6) is -0.520. The van der Waals surface area contributed by atoms with Gasteiger partial charge in [0.15, 0.2) is 0 Å². The van der Waals surface area contributed by atoms with Crippen molar-refractivity contribution in [2.75, 3.05) is 7.11 Å². The third-order valence-electron chi connectivity index (χ3n) is 3.74. The van der Waals surface area contributed by atoms with E-state index >= 15 is 0 Å². The number of carbonyl (C=O) groups excluding carboxylic acids is 1. The van der Waals surface area contributed by atoms with Gasteiger partial charge < -0.3 is 10.1 Å². The van der Waals surface area contributed by atoms with Gasteiger partial charge in [0.1, 0.15) is 11.4 Å². The largest absolute Gasteiger partial charge is 0.368 e. The zero-order valence-corrected chi connectivity index (χ0v) is 11.8. The molecule has 0 heterocycles. The number of amides is 1. The van der Waals surface area contributed by atoms with Crippen molar-refractivity contribution < 1.29 is 13.9 Å². The molecule has 1 aromatic rings. The van der Waals surface area contributed by atoms with E-state index in [1.54, 1.807) is 13.2 Å². The zero-order valence-electron chi connectivity index (χ0n) is 11.0. The fraction of sp³-hybridized carbons (Fsp3) is 0.500. The average molecular weight is 286 g/mol. The topological polar surface area (TPSA) is 38.3 Å². The van der Waals surface area contributed by atoms with Crippen LogP contribution in [-0.4, -0.2) is 18.6 Å². The van der Waals surface area contributed by atoms with Crippen molar-refractivity contribution in [1.82, 2.24) is 5.32 Å². The molecule has 1 aromatic carbocycles. The SMILES string of the molecule is COC1(C(=O)N[C@H](C)c2ccc(F)cc2Cl)CCC1.